The molecule has 0 aliphatic carbocycles. The van der Waals surface area contributed by atoms with Crippen molar-refractivity contribution in [2.45, 2.75) is 6.54 Å². The molecule has 0 bridgehead atoms. The number of ether oxygens (including phenoxy) is 1. The van der Waals surface area contributed by atoms with E-state index in [1.165, 1.54) is 0 Å². The zero-order valence-corrected chi connectivity index (χ0v) is 11.1. The molecule has 0 amide bonds. The highest BCUT2D eigenvalue weighted by Gasteiger charge is 2.09. The van der Waals surface area contributed by atoms with Crippen LogP contribution in [0.3, 0.4) is 0 Å². The molecule has 0 heterocycles. The summed E-state index contributed by atoms with van der Waals surface area (Å²) in [5, 5.41) is 21.4. The van der Waals surface area contributed by atoms with E-state index in [4.69, 9.17) is 15.3 Å². The molecule has 0 aromatic heterocycles. The molecule has 2 aromatic carbocycles. The number of nitriles is 2. The maximum atomic E-state index is 9.14. The number of rotatable bonds is 4. The molecule has 4 heteroatoms. The summed E-state index contributed by atoms with van der Waals surface area (Å²) in [5.74, 6) is 0.610. The van der Waals surface area contributed by atoms with Crippen LogP contribution < -0.4 is 10.1 Å². The molecule has 0 saturated carbocycles. The molecular formula is C16H13N3O. The van der Waals surface area contributed by atoms with Crippen molar-refractivity contribution in [2.24, 2.45) is 0 Å². The maximum Gasteiger partial charge on any atom is 0.143 e. The van der Waals surface area contributed by atoms with E-state index in [0.717, 1.165) is 5.56 Å². The van der Waals surface area contributed by atoms with Crippen molar-refractivity contribution in [2.75, 3.05) is 12.4 Å². The molecule has 0 aliphatic heterocycles. The van der Waals surface area contributed by atoms with E-state index >= 15 is 0 Å². The van der Waals surface area contributed by atoms with Crippen molar-refractivity contribution in [1.29, 1.82) is 10.5 Å². The van der Waals surface area contributed by atoms with Gasteiger partial charge in [-0.3, -0.25) is 0 Å². The van der Waals surface area contributed by atoms with Crippen molar-refractivity contribution in [1.82, 2.24) is 0 Å². The highest BCUT2D eigenvalue weighted by molar-refractivity contribution is 5.66. The lowest BCUT2D eigenvalue weighted by Crippen LogP contribution is -2.04. The van der Waals surface area contributed by atoms with Crippen molar-refractivity contribution < 1.29 is 4.74 Å². The van der Waals surface area contributed by atoms with Gasteiger partial charge in [0.15, 0.2) is 0 Å². The number of methoxy groups -OCH3 is 1. The molecule has 0 unspecified atom stereocenters. The van der Waals surface area contributed by atoms with E-state index in [0.29, 0.717) is 29.1 Å². The lowest BCUT2D eigenvalue weighted by atomic mass is 10.1. The molecule has 0 spiro atoms. The molecular weight excluding hydrogens is 250 g/mol. The van der Waals surface area contributed by atoms with Gasteiger partial charge >= 0.3 is 0 Å². The minimum Gasteiger partial charge on any atom is -0.495 e. The third kappa shape index (κ3) is 2.71. The smallest absolute Gasteiger partial charge is 0.143 e. The van der Waals surface area contributed by atoms with Crippen molar-refractivity contribution in [3.8, 4) is 17.9 Å². The van der Waals surface area contributed by atoms with E-state index in [-0.39, 0.29) is 0 Å². The summed E-state index contributed by atoms with van der Waals surface area (Å²) < 4.78 is 5.25. The molecule has 4 nitrogen and oxygen atoms in total. The molecule has 1 N–H and O–H groups in total. The Bertz CT molecular complexity index is 696. The topological polar surface area (TPSA) is 68.8 Å². The van der Waals surface area contributed by atoms with Crippen LogP contribution in [0, 0.1) is 22.7 Å². The van der Waals surface area contributed by atoms with Crippen LogP contribution >= 0.6 is 0 Å². The summed E-state index contributed by atoms with van der Waals surface area (Å²) in [5.41, 5.74) is 2.65. The number of nitrogens with zero attached hydrogens (tertiary/aromatic N) is 2. The SMILES string of the molecule is COc1cccc(C#N)c1NCc1ccccc1C#N. The predicted molar refractivity (Wildman–Crippen MR) is 76.2 cm³/mol. The Hall–Kier alpha value is -2.98. The second-order valence-corrected chi connectivity index (χ2v) is 4.12. The van der Waals surface area contributed by atoms with E-state index in [1.54, 1.807) is 31.4 Å². The molecule has 0 atom stereocenters. The Kier molecular flexibility index (Phi) is 4.21. The Morgan fingerprint density at radius 3 is 2.40 bits per heavy atom. The molecule has 0 saturated heterocycles. The normalized spacial score (nSPS) is 9.35. The number of benzene rings is 2. The Morgan fingerprint density at radius 2 is 1.70 bits per heavy atom. The van der Waals surface area contributed by atoms with Gasteiger partial charge in [-0.05, 0) is 23.8 Å². The number of para-hydroxylation sites is 1. The molecule has 0 radical (unpaired) electrons. The lowest BCUT2D eigenvalue weighted by molar-refractivity contribution is 0.416. The van der Waals surface area contributed by atoms with Crippen LogP contribution in [0.4, 0.5) is 5.69 Å². The molecule has 2 aromatic rings. The van der Waals surface area contributed by atoms with E-state index in [1.807, 2.05) is 18.2 Å². The molecule has 20 heavy (non-hydrogen) atoms. The van der Waals surface area contributed by atoms with Crippen molar-refractivity contribution in [3.63, 3.8) is 0 Å². The molecule has 0 aliphatic rings. The van der Waals surface area contributed by atoms with Gasteiger partial charge in [0, 0.05) is 6.54 Å². The first kappa shape index (κ1) is 13.5. The predicted octanol–water partition coefficient (Wildman–Crippen LogP) is 3.05. The fourth-order valence-electron chi connectivity index (χ4n) is 1.94. The Balaban J connectivity index is 2.28. The summed E-state index contributed by atoms with van der Waals surface area (Å²) in [6, 6.07) is 16.9. The van der Waals surface area contributed by atoms with Gasteiger partial charge < -0.3 is 10.1 Å². The lowest BCUT2D eigenvalue weighted by Gasteiger charge is -2.13. The summed E-state index contributed by atoms with van der Waals surface area (Å²) in [6.45, 7) is 0.457. The van der Waals surface area contributed by atoms with E-state index in [2.05, 4.69) is 17.5 Å². The first-order chi connectivity index (χ1) is 9.80. The second kappa shape index (κ2) is 6.26. The van der Waals surface area contributed by atoms with Gasteiger partial charge in [0.05, 0.1) is 30.0 Å². The largest absolute Gasteiger partial charge is 0.495 e. The minimum absolute atomic E-state index is 0.457. The van der Waals surface area contributed by atoms with Crippen LogP contribution in [0.15, 0.2) is 42.5 Å². The monoisotopic (exact) mass is 263 g/mol. The van der Waals surface area contributed by atoms with Gasteiger partial charge in [0.1, 0.15) is 11.8 Å². The average molecular weight is 263 g/mol. The average Bonchev–Trinajstić information content (AvgIpc) is 2.52. The third-order valence-electron chi connectivity index (χ3n) is 2.96. The highest BCUT2D eigenvalue weighted by atomic mass is 16.5. The quantitative estimate of drug-likeness (QED) is 0.920. The van der Waals surface area contributed by atoms with Crippen LogP contribution in [0.2, 0.25) is 0 Å². The van der Waals surface area contributed by atoms with Gasteiger partial charge in [0.2, 0.25) is 0 Å². The summed E-state index contributed by atoms with van der Waals surface area (Å²) >= 11 is 0. The number of anilines is 1. The fraction of sp³-hybridized carbons (Fsp3) is 0.125. The van der Waals surface area contributed by atoms with Gasteiger partial charge in [-0.1, -0.05) is 24.3 Å². The maximum absolute atomic E-state index is 9.14. The highest BCUT2D eigenvalue weighted by Crippen LogP contribution is 2.28. The Morgan fingerprint density at radius 1 is 1.00 bits per heavy atom. The van der Waals surface area contributed by atoms with Crippen LogP contribution in [-0.2, 0) is 6.54 Å². The van der Waals surface area contributed by atoms with E-state index < -0.39 is 0 Å². The Labute approximate surface area is 117 Å². The van der Waals surface area contributed by atoms with Gasteiger partial charge in [-0.2, -0.15) is 10.5 Å². The first-order valence-corrected chi connectivity index (χ1v) is 6.09. The van der Waals surface area contributed by atoms with Crippen molar-refractivity contribution >= 4 is 5.69 Å². The zero-order valence-electron chi connectivity index (χ0n) is 11.1. The second-order valence-electron chi connectivity index (χ2n) is 4.12. The van der Waals surface area contributed by atoms with Crippen molar-refractivity contribution in [3.05, 3.63) is 59.2 Å². The third-order valence-corrected chi connectivity index (χ3v) is 2.96. The summed E-state index contributed by atoms with van der Waals surface area (Å²) in [4.78, 5) is 0. The van der Waals surface area contributed by atoms with Crippen LogP contribution in [0.5, 0.6) is 5.75 Å². The fourth-order valence-corrected chi connectivity index (χ4v) is 1.94. The first-order valence-electron chi connectivity index (χ1n) is 6.09. The van der Waals surface area contributed by atoms with Crippen LogP contribution in [0.25, 0.3) is 0 Å². The molecule has 98 valence electrons. The molecule has 2 rings (SSSR count). The minimum atomic E-state index is 0.457. The van der Waals surface area contributed by atoms with Gasteiger partial charge in [-0.15, -0.1) is 0 Å². The van der Waals surface area contributed by atoms with Crippen LogP contribution in [-0.4, -0.2) is 7.11 Å². The zero-order chi connectivity index (χ0) is 14.4. The molecule has 0 fully saturated rings. The number of nitrogens with one attached hydrogen (secondary N) is 1. The summed E-state index contributed by atoms with van der Waals surface area (Å²) in [7, 11) is 1.56. The number of hydrogen-bond donors (Lipinski definition) is 1. The van der Waals surface area contributed by atoms with Gasteiger partial charge in [-0.25, -0.2) is 0 Å². The van der Waals surface area contributed by atoms with Crippen LogP contribution in [0.1, 0.15) is 16.7 Å². The van der Waals surface area contributed by atoms with E-state index in [9.17, 15) is 0 Å². The standard InChI is InChI=1S/C16H13N3O/c1-20-15-8-4-7-13(10-18)16(15)19-11-14-6-3-2-5-12(14)9-17/h2-8,19H,11H2,1H3. The summed E-state index contributed by atoms with van der Waals surface area (Å²) in [6.07, 6.45) is 0. The van der Waals surface area contributed by atoms with Gasteiger partial charge in [0.25, 0.3) is 0 Å². The number of hydrogen-bond acceptors (Lipinski definition) is 4.